The number of esters is 1. The van der Waals surface area contributed by atoms with Gasteiger partial charge in [0, 0.05) is 54.3 Å². The third kappa shape index (κ3) is 24.5. The van der Waals surface area contributed by atoms with E-state index in [1.807, 2.05) is 34.8 Å². The third-order valence-electron chi connectivity index (χ3n) is 11.4. The molecule has 26 heteroatoms. The Kier molecular flexibility index (Phi) is 30.8. The first kappa shape index (κ1) is 63.7. The Morgan fingerprint density at radius 1 is 0.718 bits per heavy atom. The minimum Gasteiger partial charge on any atom is -0.446 e. The largest absolute Gasteiger partial charge is 0.446 e. The molecule has 2 aliphatic rings. The minimum atomic E-state index is -1.80. The van der Waals surface area contributed by atoms with Gasteiger partial charge in [0.1, 0.15) is 11.9 Å². The van der Waals surface area contributed by atoms with E-state index in [-0.39, 0.29) is 50.9 Å². The molecule has 436 valence electrons. The molecule has 0 radical (unpaired) electrons. The van der Waals surface area contributed by atoms with Crippen molar-refractivity contribution < 1.29 is 88.8 Å². The van der Waals surface area contributed by atoms with Crippen LogP contribution in [0.1, 0.15) is 56.7 Å². The summed E-state index contributed by atoms with van der Waals surface area (Å²) >= 11 is 1.53. The summed E-state index contributed by atoms with van der Waals surface area (Å²) in [7, 11) is 0. The van der Waals surface area contributed by atoms with Gasteiger partial charge in [0.15, 0.2) is 11.6 Å². The number of fused-ring (bicyclic) bond motifs is 1. The number of amides is 2. The Morgan fingerprint density at radius 2 is 1.23 bits per heavy atom. The standard InChI is InChI=1S/C52H74F4N6O15S/c1-2-9-61(10-4-8-58-52(65)76-40-5-3-6-40)51(64)38-32-45-43(60-46(57)33-38)35-44(78-45)39-36-59-62(37-39)11-13-67-15-17-69-19-21-71-23-25-73-27-29-75-31-30-74-28-26-72-24-22-70-20-18-68-16-14-66-12-7-47(63)77-50-48(55)41(53)34-42(54)49(50)56/h32,34-37,40H,2-31,33H2,1H3,(H2,57,60)(H,58,65). The van der Waals surface area contributed by atoms with Gasteiger partial charge in [-0.1, -0.05) is 6.92 Å². The normalized spacial score (nSPS) is 13.4. The van der Waals surface area contributed by atoms with Crippen molar-refractivity contribution in [2.75, 3.05) is 152 Å². The van der Waals surface area contributed by atoms with Gasteiger partial charge in [-0.15, -0.1) is 11.3 Å². The number of ether oxygens (including phenoxy) is 12. The Morgan fingerprint density at radius 3 is 1.73 bits per heavy atom. The van der Waals surface area contributed by atoms with Gasteiger partial charge in [-0.3, -0.25) is 14.3 Å². The number of hydrogen-bond donors (Lipinski definition) is 2. The zero-order valence-electron chi connectivity index (χ0n) is 44.3. The van der Waals surface area contributed by atoms with E-state index < -0.39 is 47.5 Å². The molecule has 1 aromatic carbocycles. The summed E-state index contributed by atoms with van der Waals surface area (Å²) in [6.45, 7) is 11.2. The van der Waals surface area contributed by atoms with Crippen molar-refractivity contribution in [1.29, 1.82) is 0 Å². The summed E-state index contributed by atoms with van der Waals surface area (Å²) in [5.74, 6) is -9.24. The molecule has 21 nitrogen and oxygen atoms in total. The Labute approximate surface area is 455 Å². The van der Waals surface area contributed by atoms with Gasteiger partial charge in [-0.2, -0.15) is 13.9 Å². The van der Waals surface area contributed by atoms with Crippen LogP contribution in [0, 0.1) is 23.3 Å². The fraction of sp³-hybridized carbons (Fsp3) is 0.635. The quantitative estimate of drug-likeness (QED) is 0.0217. The first-order valence-electron chi connectivity index (χ1n) is 26.3. The highest BCUT2D eigenvalue weighted by Crippen LogP contribution is 2.39. The van der Waals surface area contributed by atoms with Crippen molar-refractivity contribution in [3.8, 4) is 16.2 Å². The average Bonchev–Trinajstić information content (AvgIpc) is 4.05. The van der Waals surface area contributed by atoms with Crippen molar-refractivity contribution in [2.45, 2.75) is 64.5 Å². The van der Waals surface area contributed by atoms with Crippen LogP contribution < -0.4 is 15.8 Å². The van der Waals surface area contributed by atoms with E-state index in [2.05, 4.69) is 20.1 Å². The van der Waals surface area contributed by atoms with E-state index in [0.29, 0.717) is 150 Å². The van der Waals surface area contributed by atoms with Crippen LogP contribution in [0.5, 0.6) is 5.75 Å². The highest BCUT2D eigenvalue weighted by atomic mass is 32.1. The Hall–Kier alpha value is -5.13. The van der Waals surface area contributed by atoms with E-state index in [9.17, 15) is 31.9 Å². The van der Waals surface area contributed by atoms with E-state index in [4.69, 9.17) is 57.8 Å². The second-order valence-corrected chi connectivity index (χ2v) is 18.6. The number of aromatic nitrogens is 2. The SMILES string of the molecule is CCCN(CCCNC(=O)OC1CCC1)C(=O)C1=Cc2sc(-c3cnn(CCOCCOCCOCCOCCOCCOCCOCCOCCOCCOCCC(=O)Oc4c(F)c(F)cc(F)c4F)c3)cc2N=C(N)C1. The molecule has 3 N–H and O–H groups in total. The molecule has 1 fully saturated rings. The van der Waals surface area contributed by atoms with Gasteiger partial charge < -0.3 is 72.8 Å². The number of halogens is 4. The minimum absolute atomic E-state index is 0.0160. The first-order valence-corrected chi connectivity index (χ1v) is 27.1. The maximum absolute atomic E-state index is 13.8. The van der Waals surface area contributed by atoms with Gasteiger partial charge in [-0.25, -0.2) is 18.6 Å². The number of amidine groups is 1. The number of carbonyl (C=O) groups is 3. The van der Waals surface area contributed by atoms with E-state index >= 15 is 0 Å². The van der Waals surface area contributed by atoms with Crippen molar-refractivity contribution in [3.05, 3.63) is 58.2 Å². The topological polar surface area (TPSA) is 233 Å². The first-order chi connectivity index (χ1) is 38.0. The summed E-state index contributed by atoms with van der Waals surface area (Å²) in [5, 5.41) is 7.30. The molecule has 78 heavy (non-hydrogen) atoms. The molecule has 1 aliphatic carbocycles. The lowest BCUT2D eigenvalue weighted by atomic mass is 9.96. The van der Waals surface area contributed by atoms with Crippen LogP contribution in [-0.2, 0) is 68.2 Å². The lowest BCUT2D eigenvalue weighted by molar-refractivity contribution is -0.136. The molecule has 5 rings (SSSR count). The Bertz CT molecular complexity index is 2280. The number of nitrogens with zero attached hydrogens (tertiary/aromatic N) is 4. The van der Waals surface area contributed by atoms with Crippen LogP contribution in [0.25, 0.3) is 16.5 Å². The summed E-state index contributed by atoms with van der Waals surface area (Å²) in [6.07, 6.45) is 9.45. The molecule has 2 aromatic heterocycles. The fourth-order valence-electron chi connectivity index (χ4n) is 7.21. The Balaban J connectivity index is 0.756. The number of nitrogens with one attached hydrogen (secondary N) is 1. The molecular weight excluding hydrogens is 1060 g/mol. The summed E-state index contributed by atoms with van der Waals surface area (Å²) in [5.41, 5.74) is 8.54. The molecule has 3 heterocycles. The van der Waals surface area contributed by atoms with Crippen LogP contribution >= 0.6 is 11.3 Å². The number of rotatable bonds is 43. The summed E-state index contributed by atoms with van der Waals surface area (Å²) < 4.78 is 120. The van der Waals surface area contributed by atoms with E-state index in [1.54, 1.807) is 6.20 Å². The molecule has 0 spiro atoms. The summed E-state index contributed by atoms with van der Waals surface area (Å²) in [4.78, 5) is 45.8. The number of hydrogen-bond acceptors (Lipinski definition) is 19. The predicted molar refractivity (Wildman–Crippen MR) is 278 cm³/mol. The zero-order chi connectivity index (χ0) is 55.6. The molecule has 2 amide bonds. The highest BCUT2D eigenvalue weighted by molar-refractivity contribution is 7.17. The second-order valence-electron chi connectivity index (χ2n) is 17.5. The number of benzene rings is 1. The summed E-state index contributed by atoms with van der Waals surface area (Å²) in [6, 6.07) is 1.99. The lowest BCUT2D eigenvalue weighted by Gasteiger charge is -2.25. The fourth-order valence-corrected chi connectivity index (χ4v) is 8.25. The molecule has 0 bridgehead atoms. The number of nitrogens with two attached hydrogens (primary N) is 1. The van der Waals surface area contributed by atoms with Gasteiger partial charge in [0.05, 0.1) is 162 Å². The van der Waals surface area contributed by atoms with E-state index in [1.165, 1.54) is 11.3 Å². The zero-order valence-corrected chi connectivity index (χ0v) is 45.1. The smallest absolute Gasteiger partial charge is 0.407 e. The van der Waals surface area contributed by atoms with Crippen molar-refractivity contribution in [2.24, 2.45) is 10.7 Å². The van der Waals surface area contributed by atoms with Crippen LogP contribution in [0.3, 0.4) is 0 Å². The van der Waals surface area contributed by atoms with Crippen molar-refractivity contribution in [3.63, 3.8) is 0 Å². The molecule has 3 aromatic rings. The van der Waals surface area contributed by atoms with Gasteiger partial charge >= 0.3 is 12.1 Å². The van der Waals surface area contributed by atoms with Crippen LogP contribution in [0.2, 0.25) is 0 Å². The van der Waals surface area contributed by atoms with Crippen molar-refractivity contribution in [1.82, 2.24) is 20.0 Å². The van der Waals surface area contributed by atoms with Crippen LogP contribution in [0.15, 0.2) is 35.1 Å². The number of carbonyl (C=O) groups excluding carboxylic acids is 3. The number of thiophene rings is 1. The average molecular weight is 1130 g/mol. The highest BCUT2D eigenvalue weighted by Gasteiger charge is 2.25. The maximum atomic E-state index is 13.8. The second kappa shape index (κ2) is 37.7. The van der Waals surface area contributed by atoms with Gasteiger partial charge in [-0.05, 0) is 44.2 Å². The van der Waals surface area contributed by atoms with Crippen molar-refractivity contribution >= 4 is 46.9 Å². The monoisotopic (exact) mass is 1130 g/mol. The molecular formula is C52H74F4N6O15S. The molecule has 0 atom stereocenters. The lowest BCUT2D eigenvalue weighted by Crippen LogP contribution is -2.37. The third-order valence-corrected chi connectivity index (χ3v) is 12.5. The van der Waals surface area contributed by atoms with Crippen LogP contribution in [0.4, 0.5) is 28.0 Å². The molecule has 0 unspecified atom stereocenters. The maximum Gasteiger partial charge on any atom is 0.407 e. The molecule has 0 saturated heterocycles. The van der Waals surface area contributed by atoms with E-state index in [0.717, 1.165) is 46.7 Å². The molecule has 1 aliphatic heterocycles. The van der Waals surface area contributed by atoms with Gasteiger partial charge in [0.25, 0.3) is 0 Å². The number of alkyl carbamates (subject to hydrolysis) is 1. The van der Waals surface area contributed by atoms with Crippen LogP contribution in [-0.4, -0.2) is 196 Å². The van der Waals surface area contributed by atoms with Gasteiger partial charge in [0.2, 0.25) is 23.3 Å². The number of aliphatic imine (C=N–C) groups is 1. The predicted octanol–water partition coefficient (Wildman–Crippen LogP) is 6.01. The molecule has 1 saturated carbocycles.